The molecule has 0 saturated heterocycles. The Balaban J connectivity index is 0.00000192. The lowest BCUT2D eigenvalue weighted by molar-refractivity contribution is -0.154. The lowest BCUT2D eigenvalue weighted by Gasteiger charge is -2.34. The number of hydrogen-bond donors (Lipinski definition) is 1. The molecule has 23 heavy (non-hydrogen) atoms. The summed E-state index contributed by atoms with van der Waals surface area (Å²) in [5.41, 5.74) is 5.68. The van der Waals surface area contributed by atoms with E-state index in [0.29, 0.717) is 5.82 Å². The Kier molecular flexibility index (Phi) is 4.81. The average molecular weight is 351 g/mol. The van der Waals surface area contributed by atoms with E-state index in [0.717, 1.165) is 19.3 Å². The van der Waals surface area contributed by atoms with Crippen molar-refractivity contribution in [3.8, 4) is 17.3 Å². The van der Waals surface area contributed by atoms with Crippen LogP contribution < -0.4 is 10.5 Å². The van der Waals surface area contributed by atoms with E-state index in [1.165, 1.54) is 12.3 Å². The molecule has 0 aromatic carbocycles. The molecule has 10 heteroatoms. The van der Waals surface area contributed by atoms with Crippen LogP contribution in [0, 0.1) is 0 Å². The molecule has 0 amide bonds. The summed E-state index contributed by atoms with van der Waals surface area (Å²) in [6.07, 6.45) is -0.662. The summed E-state index contributed by atoms with van der Waals surface area (Å²) in [5, 5.41) is 3.82. The molecule has 0 atom stereocenters. The quantitative estimate of drug-likeness (QED) is 0.912. The van der Waals surface area contributed by atoms with Gasteiger partial charge in [0, 0.05) is 6.20 Å². The second kappa shape index (κ2) is 6.32. The second-order valence-electron chi connectivity index (χ2n) is 5.19. The zero-order valence-corrected chi connectivity index (χ0v) is 12.7. The highest BCUT2D eigenvalue weighted by Crippen LogP contribution is 2.38. The van der Waals surface area contributed by atoms with Gasteiger partial charge in [0.15, 0.2) is 12.4 Å². The monoisotopic (exact) mass is 350 g/mol. The Labute approximate surface area is 135 Å². The molecule has 1 aliphatic rings. The van der Waals surface area contributed by atoms with Crippen LogP contribution in [0.25, 0.3) is 11.5 Å². The van der Waals surface area contributed by atoms with Crippen molar-refractivity contribution in [2.24, 2.45) is 5.73 Å². The molecular formula is C13H14ClF3N4O2. The predicted molar refractivity (Wildman–Crippen MR) is 76.0 cm³/mol. The van der Waals surface area contributed by atoms with Gasteiger partial charge in [-0.3, -0.25) is 0 Å². The molecule has 2 aromatic rings. The summed E-state index contributed by atoms with van der Waals surface area (Å²) in [6.45, 7) is -1.45. The first-order valence-electron chi connectivity index (χ1n) is 6.65. The SMILES string of the molecule is Cl.NC1(c2noc(-c3cccnc3OCC(F)(F)F)n2)CCC1. The maximum atomic E-state index is 12.3. The van der Waals surface area contributed by atoms with Crippen molar-refractivity contribution in [1.82, 2.24) is 15.1 Å². The van der Waals surface area contributed by atoms with Gasteiger partial charge in [-0.1, -0.05) is 5.16 Å². The van der Waals surface area contributed by atoms with E-state index in [-0.39, 0.29) is 29.7 Å². The maximum absolute atomic E-state index is 12.3. The van der Waals surface area contributed by atoms with Gasteiger partial charge < -0.3 is 15.0 Å². The van der Waals surface area contributed by atoms with E-state index >= 15 is 0 Å². The first-order chi connectivity index (χ1) is 10.4. The smallest absolute Gasteiger partial charge is 0.422 e. The van der Waals surface area contributed by atoms with Crippen molar-refractivity contribution in [2.45, 2.75) is 31.0 Å². The highest BCUT2D eigenvalue weighted by Gasteiger charge is 2.39. The third-order valence-corrected chi connectivity index (χ3v) is 3.49. The number of halogens is 4. The van der Waals surface area contributed by atoms with Crippen molar-refractivity contribution in [3.63, 3.8) is 0 Å². The number of ether oxygens (including phenoxy) is 1. The van der Waals surface area contributed by atoms with Gasteiger partial charge >= 0.3 is 6.18 Å². The van der Waals surface area contributed by atoms with E-state index in [9.17, 15) is 13.2 Å². The molecule has 2 N–H and O–H groups in total. The zero-order chi connectivity index (χ0) is 15.8. The van der Waals surface area contributed by atoms with Crippen molar-refractivity contribution < 1.29 is 22.4 Å². The number of pyridine rings is 1. The molecule has 2 aromatic heterocycles. The minimum Gasteiger partial charge on any atom is -0.467 e. The van der Waals surface area contributed by atoms with Crippen LogP contribution in [0.4, 0.5) is 13.2 Å². The number of nitrogens with two attached hydrogens (primary N) is 1. The summed E-state index contributed by atoms with van der Waals surface area (Å²) in [4.78, 5) is 7.96. The normalized spacial score (nSPS) is 16.3. The first-order valence-corrected chi connectivity index (χ1v) is 6.65. The molecular weight excluding hydrogens is 337 g/mol. The van der Waals surface area contributed by atoms with Crippen LogP contribution in [0.2, 0.25) is 0 Å². The first kappa shape index (κ1) is 17.5. The molecule has 126 valence electrons. The largest absolute Gasteiger partial charge is 0.467 e. The van der Waals surface area contributed by atoms with Crippen LogP contribution in [-0.4, -0.2) is 27.9 Å². The van der Waals surface area contributed by atoms with E-state index in [4.69, 9.17) is 15.0 Å². The lowest BCUT2D eigenvalue weighted by atomic mass is 9.77. The molecule has 0 radical (unpaired) electrons. The zero-order valence-electron chi connectivity index (χ0n) is 11.8. The summed E-state index contributed by atoms with van der Waals surface area (Å²) in [5.74, 6) is 0.172. The predicted octanol–water partition coefficient (Wildman–Crippen LogP) is 2.83. The van der Waals surface area contributed by atoms with Crippen LogP contribution in [0.3, 0.4) is 0 Å². The fourth-order valence-electron chi connectivity index (χ4n) is 2.14. The number of alkyl halides is 3. The summed E-state index contributed by atoms with van der Waals surface area (Å²) >= 11 is 0. The molecule has 0 spiro atoms. The molecule has 0 aliphatic heterocycles. The minimum atomic E-state index is -4.46. The van der Waals surface area contributed by atoms with Crippen LogP contribution in [-0.2, 0) is 5.54 Å². The van der Waals surface area contributed by atoms with Crippen molar-refractivity contribution in [1.29, 1.82) is 0 Å². The summed E-state index contributed by atoms with van der Waals surface area (Å²) < 4.78 is 46.6. The standard InChI is InChI=1S/C13H13F3N4O2.ClH/c14-13(15,16)7-21-9-8(3-1-6-18-9)10-19-11(20-22-10)12(17)4-2-5-12;/h1,3,6H,2,4-5,7,17H2;1H. The molecule has 2 heterocycles. The van der Waals surface area contributed by atoms with Gasteiger partial charge in [0.1, 0.15) is 5.56 Å². The third-order valence-electron chi connectivity index (χ3n) is 3.49. The van der Waals surface area contributed by atoms with Crippen LogP contribution in [0.1, 0.15) is 25.1 Å². The molecule has 1 fully saturated rings. The van der Waals surface area contributed by atoms with Gasteiger partial charge in [-0.15, -0.1) is 12.4 Å². The van der Waals surface area contributed by atoms with E-state index in [2.05, 4.69) is 15.1 Å². The fraction of sp³-hybridized carbons (Fsp3) is 0.462. The molecule has 1 saturated carbocycles. The molecule has 0 unspecified atom stereocenters. The molecule has 6 nitrogen and oxygen atoms in total. The number of rotatable bonds is 4. The minimum absolute atomic E-state index is 0. The van der Waals surface area contributed by atoms with Gasteiger partial charge in [0.2, 0.25) is 5.88 Å². The van der Waals surface area contributed by atoms with Gasteiger partial charge in [0.05, 0.1) is 5.54 Å². The van der Waals surface area contributed by atoms with Crippen molar-refractivity contribution in [3.05, 3.63) is 24.2 Å². The average Bonchev–Trinajstić information content (AvgIpc) is 2.92. The number of aromatic nitrogens is 3. The molecule has 0 bridgehead atoms. The van der Waals surface area contributed by atoms with Gasteiger partial charge in [-0.2, -0.15) is 18.2 Å². The Morgan fingerprint density at radius 1 is 1.35 bits per heavy atom. The maximum Gasteiger partial charge on any atom is 0.422 e. The van der Waals surface area contributed by atoms with E-state index < -0.39 is 18.3 Å². The summed E-state index contributed by atoms with van der Waals surface area (Å²) in [6, 6.07) is 3.04. The van der Waals surface area contributed by atoms with Gasteiger partial charge in [-0.25, -0.2) is 4.98 Å². The fourth-order valence-corrected chi connectivity index (χ4v) is 2.14. The Hall–Kier alpha value is -1.87. The van der Waals surface area contributed by atoms with Crippen LogP contribution in [0.15, 0.2) is 22.9 Å². The van der Waals surface area contributed by atoms with Gasteiger partial charge in [0.25, 0.3) is 5.89 Å². The molecule has 1 aliphatic carbocycles. The highest BCUT2D eigenvalue weighted by atomic mass is 35.5. The number of nitrogens with zero attached hydrogens (tertiary/aromatic N) is 3. The van der Waals surface area contributed by atoms with Gasteiger partial charge in [-0.05, 0) is 31.4 Å². The molecule has 3 rings (SSSR count). The topological polar surface area (TPSA) is 87.1 Å². The van der Waals surface area contributed by atoms with Crippen LogP contribution >= 0.6 is 12.4 Å². The highest BCUT2D eigenvalue weighted by molar-refractivity contribution is 5.85. The Morgan fingerprint density at radius 3 is 2.70 bits per heavy atom. The Bertz CT molecular complexity index is 673. The third kappa shape index (κ3) is 3.73. The Morgan fingerprint density at radius 2 is 2.09 bits per heavy atom. The van der Waals surface area contributed by atoms with E-state index in [1.54, 1.807) is 6.07 Å². The van der Waals surface area contributed by atoms with E-state index in [1.807, 2.05) is 0 Å². The number of hydrogen-bond acceptors (Lipinski definition) is 6. The summed E-state index contributed by atoms with van der Waals surface area (Å²) in [7, 11) is 0. The second-order valence-corrected chi connectivity index (χ2v) is 5.19. The lowest BCUT2D eigenvalue weighted by Crippen LogP contribution is -2.44. The van der Waals surface area contributed by atoms with Crippen molar-refractivity contribution in [2.75, 3.05) is 6.61 Å². The van der Waals surface area contributed by atoms with Crippen molar-refractivity contribution >= 4 is 12.4 Å². The van der Waals surface area contributed by atoms with Crippen LogP contribution in [0.5, 0.6) is 5.88 Å².